The van der Waals surface area contributed by atoms with E-state index in [1.54, 1.807) is 0 Å². The summed E-state index contributed by atoms with van der Waals surface area (Å²) in [5.41, 5.74) is 7.97. The van der Waals surface area contributed by atoms with Gasteiger partial charge in [0.2, 0.25) is 0 Å². The number of para-hydroxylation sites is 1. The molecule has 4 aromatic rings. The molecular weight excluding hydrogens is 375 g/mol. The van der Waals surface area contributed by atoms with Crippen molar-refractivity contribution in [2.24, 2.45) is 0 Å². The van der Waals surface area contributed by atoms with Crippen LogP contribution in [0.3, 0.4) is 0 Å². The van der Waals surface area contributed by atoms with Gasteiger partial charge in [-0.2, -0.15) is 0 Å². The van der Waals surface area contributed by atoms with Gasteiger partial charge in [-0.05, 0) is 80.3 Å². The second kappa shape index (κ2) is 7.79. The lowest BCUT2D eigenvalue weighted by Gasteiger charge is -2.12. The van der Waals surface area contributed by atoms with Gasteiger partial charge in [-0.1, -0.05) is 30.3 Å². The highest BCUT2D eigenvalue weighted by atomic mass is 19.1. The summed E-state index contributed by atoms with van der Waals surface area (Å²) < 4.78 is 15.5. The number of nitrogens with zero attached hydrogens (tertiary/aromatic N) is 1. The van der Waals surface area contributed by atoms with Crippen LogP contribution in [0, 0.1) is 33.5 Å². The van der Waals surface area contributed by atoms with E-state index < -0.39 is 0 Å². The minimum atomic E-state index is -0.233. The molecule has 0 aliphatic heterocycles. The van der Waals surface area contributed by atoms with Crippen molar-refractivity contribution in [3.63, 3.8) is 0 Å². The second-order valence-electron chi connectivity index (χ2n) is 7.88. The lowest BCUT2D eigenvalue weighted by atomic mass is 10.1. The predicted molar refractivity (Wildman–Crippen MR) is 121 cm³/mol. The molecule has 30 heavy (non-hydrogen) atoms. The Balaban J connectivity index is 1.68. The van der Waals surface area contributed by atoms with Crippen molar-refractivity contribution in [2.75, 3.05) is 5.32 Å². The number of aromatic nitrogens is 1. The summed E-state index contributed by atoms with van der Waals surface area (Å²) >= 11 is 0. The largest absolute Gasteiger partial charge is 0.340 e. The lowest BCUT2D eigenvalue weighted by molar-refractivity contribution is 0.102. The number of hydrogen-bond acceptors (Lipinski definition) is 1. The number of carbonyl (C=O) groups excluding carboxylic acids is 1. The van der Waals surface area contributed by atoms with Crippen LogP contribution in [0.5, 0.6) is 0 Å². The van der Waals surface area contributed by atoms with Gasteiger partial charge < -0.3 is 9.88 Å². The van der Waals surface area contributed by atoms with E-state index in [4.69, 9.17) is 0 Å². The molecule has 4 heteroatoms. The molecule has 1 amide bonds. The minimum Gasteiger partial charge on any atom is -0.340 e. The number of fused-ring (bicyclic) bond motifs is 1. The first kappa shape index (κ1) is 19.9. The highest BCUT2D eigenvalue weighted by Gasteiger charge is 2.15. The molecule has 0 aliphatic rings. The Bertz CT molecular complexity index is 1230. The van der Waals surface area contributed by atoms with Crippen molar-refractivity contribution in [2.45, 2.75) is 34.2 Å². The van der Waals surface area contributed by atoms with Gasteiger partial charge in [-0.3, -0.25) is 4.79 Å². The third kappa shape index (κ3) is 3.61. The predicted octanol–water partition coefficient (Wildman–Crippen LogP) is 6.31. The number of benzene rings is 3. The molecule has 4 rings (SSSR count). The van der Waals surface area contributed by atoms with Crippen LogP contribution < -0.4 is 5.32 Å². The Labute approximate surface area is 176 Å². The SMILES string of the molecule is Cc1cccc(C)c1NC(=O)c1ccc2c(c1)c(C)c(C)n2Cc1ccc(F)cc1. The van der Waals surface area contributed by atoms with Crippen LogP contribution in [0.4, 0.5) is 10.1 Å². The molecule has 0 atom stereocenters. The zero-order valence-corrected chi connectivity index (χ0v) is 17.7. The summed E-state index contributed by atoms with van der Waals surface area (Å²) in [6.45, 7) is 8.80. The van der Waals surface area contributed by atoms with E-state index in [-0.39, 0.29) is 11.7 Å². The van der Waals surface area contributed by atoms with Crippen molar-refractivity contribution < 1.29 is 9.18 Å². The summed E-state index contributed by atoms with van der Waals surface area (Å²) in [6.07, 6.45) is 0. The van der Waals surface area contributed by atoms with E-state index in [1.807, 2.05) is 62.4 Å². The summed E-state index contributed by atoms with van der Waals surface area (Å²) in [7, 11) is 0. The Kier molecular flexibility index (Phi) is 5.17. The van der Waals surface area contributed by atoms with Crippen LogP contribution in [0.1, 0.15) is 38.3 Å². The van der Waals surface area contributed by atoms with E-state index >= 15 is 0 Å². The minimum absolute atomic E-state index is 0.113. The highest BCUT2D eigenvalue weighted by Crippen LogP contribution is 2.28. The average Bonchev–Trinajstić information content (AvgIpc) is 2.96. The average molecular weight is 400 g/mol. The fourth-order valence-corrected chi connectivity index (χ4v) is 3.96. The maximum atomic E-state index is 13.2. The topological polar surface area (TPSA) is 34.0 Å². The molecule has 0 aliphatic carbocycles. The molecule has 0 fully saturated rings. The lowest BCUT2D eigenvalue weighted by Crippen LogP contribution is -2.13. The molecule has 3 aromatic carbocycles. The van der Waals surface area contributed by atoms with E-state index in [2.05, 4.69) is 23.7 Å². The fraction of sp³-hybridized carbons (Fsp3) is 0.192. The van der Waals surface area contributed by atoms with Gasteiger partial charge >= 0.3 is 0 Å². The van der Waals surface area contributed by atoms with Crippen molar-refractivity contribution in [3.8, 4) is 0 Å². The van der Waals surface area contributed by atoms with E-state index in [0.29, 0.717) is 12.1 Å². The number of rotatable bonds is 4. The molecule has 0 spiro atoms. The Morgan fingerprint density at radius 1 is 0.933 bits per heavy atom. The summed E-state index contributed by atoms with van der Waals surface area (Å²) in [5, 5.41) is 4.12. The molecule has 152 valence electrons. The van der Waals surface area contributed by atoms with Crippen molar-refractivity contribution in [3.05, 3.63) is 100.0 Å². The highest BCUT2D eigenvalue weighted by molar-refractivity contribution is 6.07. The Morgan fingerprint density at radius 3 is 2.27 bits per heavy atom. The van der Waals surface area contributed by atoms with Crippen LogP contribution in [0.2, 0.25) is 0 Å². The summed E-state index contributed by atoms with van der Waals surface area (Å²) in [4.78, 5) is 12.9. The smallest absolute Gasteiger partial charge is 0.255 e. The van der Waals surface area contributed by atoms with E-state index in [9.17, 15) is 9.18 Å². The van der Waals surface area contributed by atoms with Crippen molar-refractivity contribution >= 4 is 22.5 Å². The first-order valence-corrected chi connectivity index (χ1v) is 10.1. The molecule has 3 nitrogen and oxygen atoms in total. The van der Waals surface area contributed by atoms with Crippen molar-refractivity contribution in [1.29, 1.82) is 0 Å². The second-order valence-corrected chi connectivity index (χ2v) is 7.88. The quantitative estimate of drug-likeness (QED) is 0.428. The molecule has 0 unspecified atom stereocenters. The number of amides is 1. The van der Waals surface area contributed by atoms with E-state index in [0.717, 1.165) is 44.5 Å². The maximum Gasteiger partial charge on any atom is 0.255 e. The maximum absolute atomic E-state index is 13.2. The molecule has 0 saturated carbocycles. The molecule has 1 heterocycles. The monoisotopic (exact) mass is 400 g/mol. The van der Waals surface area contributed by atoms with Crippen LogP contribution >= 0.6 is 0 Å². The Morgan fingerprint density at radius 2 is 1.60 bits per heavy atom. The normalized spacial score (nSPS) is 11.1. The number of hydrogen-bond donors (Lipinski definition) is 1. The number of nitrogens with one attached hydrogen (secondary N) is 1. The van der Waals surface area contributed by atoms with E-state index in [1.165, 1.54) is 12.1 Å². The number of halogens is 1. The molecule has 0 radical (unpaired) electrons. The van der Waals surface area contributed by atoms with Crippen LogP contribution in [-0.4, -0.2) is 10.5 Å². The molecular formula is C26H25FN2O. The number of aryl methyl sites for hydroxylation is 3. The molecule has 1 N–H and O–H groups in total. The standard InChI is InChI=1S/C26H25FN2O/c1-16-6-5-7-17(2)25(16)28-26(30)21-10-13-24-23(14-21)18(3)19(4)29(24)15-20-8-11-22(27)12-9-20/h5-14H,15H2,1-4H3,(H,28,30). The van der Waals surface area contributed by atoms with Gasteiger partial charge in [0.1, 0.15) is 5.82 Å². The third-order valence-corrected chi connectivity index (χ3v) is 5.87. The van der Waals surface area contributed by atoms with Gasteiger partial charge in [0.15, 0.2) is 0 Å². The Hall–Kier alpha value is -3.40. The van der Waals surface area contributed by atoms with Gasteiger partial charge in [0, 0.05) is 34.4 Å². The zero-order valence-electron chi connectivity index (χ0n) is 17.7. The van der Waals surface area contributed by atoms with Gasteiger partial charge in [-0.25, -0.2) is 4.39 Å². The van der Waals surface area contributed by atoms with Gasteiger partial charge in [0.05, 0.1) is 0 Å². The number of anilines is 1. The third-order valence-electron chi connectivity index (χ3n) is 5.87. The first-order valence-electron chi connectivity index (χ1n) is 10.1. The molecule has 0 saturated heterocycles. The summed E-state index contributed by atoms with van der Waals surface area (Å²) in [5.74, 6) is -0.346. The van der Waals surface area contributed by atoms with Gasteiger partial charge in [0.25, 0.3) is 5.91 Å². The van der Waals surface area contributed by atoms with Crippen LogP contribution in [0.25, 0.3) is 10.9 Å². The van der Waals surface area contributed by atoms with Crippen LogP contribution in [-0.2, 0) is 6.54 Å². The fourth-order valence-electron chi connectivity index (χ4n) is 3.96. The summed E-state index contributed by atoms with van der Waals surface area (Å²) in [6, 6.07) is 18.4. The van der Waals surface area contributed by atoms with Gasteiger partial charge in [-0.15, -0.1) is 0 Å². The zero-order chi connectivity index (χ0) is 21.4. The van der Waals surface area contributed by atoms with Crippen molar-refractivity contribution in [1.82, 2.24) is 4.57 Å². The number of carbonyl (C=O) groups is 1. The molecule has 1 aromatic heterocycles. The van der Waals surface area contributed by atoms with Crippen LogP contribution in [0.15, 0.2) is 60.7 Å². The molecule has 0 bridgehead atoms. The first-order chi connectivity index (χ1) is 14.3.